The first-order valence-corrected chi connectivity index (χ1v) is 12.7. The number of likely N-dealkylation sites (tertiary alicyclic amines) is 2. The summed E-state index contributed by atoms with van der Waals surface area (Å²) >= 11 is 3.38. The molecule has 2 fully saturated rings. The molecule has 0 saturated carbocycles. The van der Waals surface area contributed by atoms with Crippen LogP contribution in [0.2, 0.25) is 0 Å². The van der Waals surface area contributed by atoms with Gasteiger partial charge in [0.25, 0.3) is 5.91 Å². The highest BCUT2D eigenvalue weighted by Crippen LogP contribution is 2.28. The standard InChI is InChI=1S/C26H29BrN4O5/c1-36-26(35)29-22(17-7-3-2-4-8-17)25(34)31-16-6-10-21(31)24(33)30-15-5-9-20(30)23(32)28-19-13-11-18(27)12-14-19/h2-4,7-8,11-14,20-22H,5-6,9-10,15-16H2,1H3,(H,28,32)(H,29,35)/t20-,21-,22+/m0/s1. The fraction of sp³-hybridized carbons (Fsp3) is 0.385. The number of hydrogen-bond donors (Lipinski definition) is 2. The van der Waals surface area contributed by atoms with Gasteiger partial charge >= 0.3 is 6.09 Å². The number of nitrogens with one attached hydrogen (secondary N) is 2. The van der Waals surface area contributed by atoms with Crippen molar-refractivity contribution in [1.29, 1.82) is 0 Å². The third-order valence-electron chi connectivity index (χ3n) is 6.60. The van der Waals surface area contributed by atoms with Crippen molar-refractivity contribution >= 4 is 45.4 Å². The fourth-order valence-electron chi connectivity index (χ4n) is 4.82. The molecule has 9 nitrogen and oxygen atoms in total. The molecule has 2 aromatic rings. The molecule has 0 radical (unpaired) electrons. The lowest BCUT2D eigenvalue weighted by Gasteiger charge is -2.33. The number of alkyl carbamates (subject to hydrolysis) is 1. The van der Waals surface area contributed by atoms with E-state index in [1.54, 1.807) is 41.3 Å². The number of ether oxygens (including phenoxy) is 1. The third-order valence-corrected chi connectivity index (χ3v) is 7.13. The smallest absolute Gasteiger partial charge is 0.407 e. The molecule has 0 aromatic heterocycles. The maximum absolute atomic E-state index is 13.6. The van der Waals surface area contributed by atoms with Gasteiger partial charge in [0.05, 0.1) is 7.11 Å². The van der Waals surface area contributed by atoms with Crippen molar-refractivity contribution in [2.45, 2.75) is 43.8 Å². The summed E-state index contributed by atoms with van der Waals surface area (Å²) in [6.45, 7) is 0.851. The van der Waals surface area contributed by atoms with Crippen molar-refractivity contribution in [2.75, 3.05) is 25.5 Å². The zero-order chi connectivity index (χ0) is 25.7. The molecule has 2 aliphatic rings. The van der Waals surface area contributed by atoms with E-state index in [1.165, 1.54) is 12.0 Å². The second kappa shape index (κ2) is 11.6. The topological polar surface area (TPSA) is 108 Å². The maximum Gasteiger partial charge on any atom is 0.407 e. The Morgan fingerprint density at radius 3 is 2.22 bits per heavy atom. The predicted octanol–water partition coefficient (Wildman–Crippen LogP) is 3.47. The van der Waals surface area contributed by atoms with Gasteiger partial charge in [-0.2, -0.15) is 0 Å². The van der Waals surface area contributed by atoms with Crippen molar-refractivity contribution in [3.05, 3.63) is 64.6 Å². The van der Waals surface area contributed by atoms with E-state index in [4.69, 9.17) is 4.74 Å². The molecule has 4 rings (SSSR count). The second-order valence-electron chi connectivity index (χ2n) is 8.86. The number of hydrogen-bond acceptors (Lipinski definition) is 5. The molecule has 0 unspecified atom stereocenters. The van der Waals surface area contributed by atoms with Gasteiger partial charge in [0, 0.05) is 23.2 Å². The summed E-state index contributed by atoms with van der Waals surface area (Å²) in [5, 5.41) is 5.49. The van der Waals surface area contributed by atoms with Gasteiger partial charge in [-0.3, -0.25) is 14.4 Å². The summed E-state index contributed by atoms with van der Waals surface area (Å²) in [4.78, 5) is 55.4. The first kappa shape index (κ1) is 25.7. The van der Waals surface area contributed by atoms with Crippen LogP contribution in [0.1, 0.15) is 37.3 Å². The Labute approximate surface area is 218 Å². The zero-order valence-electron chi connectivity index (χ0n) is 20.0. The normalized spacial score (nSPS) is 20.1. The number of benzene rings is 2. The molecule has 0 spiro atoms. The highest BCUT2D eigenvalue weighted by molar-refractivity contribution is 9.10. The highest BCUT2D eigenvalue weighted by Gasteiger charge is 2.43. The van der Waals surface area contributed by atoms with E-state index in [9.17, 15) is 19.2 Å². The van der Waals surface area contributed by atoms with Crippen LogP contribution in [-0.2, 0) is 19.1 Å². The molecule has 3 atom stereocenters. The van der Waals surface area contributed by atoms with Crippen molar-refractivity contribution in [2.24, 2.45) is 0 Å². The highest BCUT2D eigenvalue weighted by atomic mass is 79.9. The summed E-state index contributed by atoms with van der Waals surface area (Å²) in [5.41, 5.74) is 1.25. The second-order valence-corrected chi connectivity index (χ2v) is 9.77. The van der Waals surface area contributed by atoms with Gasteiger partial charge in [0.2, 0.25) is 11.8 Å². The number of rotatable bonds is 6. The van der Waals surface area contributed by atoms with Gasteiger partial charge in [-0.1, -0.05) is 46.3 Å². The number of nitrogens with zero attached hydrogens (tertiary/aromatic N) is 2. The average Bonchev–Trinajstić information content (AvgIpc) is 3.58. The lowest BCUT2D eigenvalue weighted by Crippen LogP contribution is -2.53. The molecule has 190 valence electrons. The molecule has 2 N–H and O–H groups in total. The Morgan fingerprint density at radius 2 is 1.56 bits per heavy atom. The van der Waals surface area contributed by atoms with E-state index < -0.39 is 24.2 Å². The summed E-state index contributed by atoms with van der Waals surface area (Å²) in [5.74, 6) is -0.856. The van der Waals surface area contributed by atoms with E-state index in [0.29, 0.717) is 50.0 Å². The number of halogens is 1. The van der Waals surface area contributed by atoms with Crippen LogP contribution in [0.25, 0.3) is 0 Å². The Hall–Kier alpha value is -3.40. The first-order chi connectivity index (χ1) is 17.4. The van der Waals surface area contributed by atoms with Crippen molar-refractivity contribution in [3.8, 4) is 0 Å². The van der Waals surface area contributed by atoms with Crippen LogP contribution in [0.4, 0.5) is 10.5 Å². The number of anilines is 1. The fourth-order valence-corrected chi connectivity index (χ4v) is 5.08. The summed E-state index contributed by atoms with van der Waals surface area (Å²) in [6.07, 6.45) is 1.70. The van der Waals surface area contributed by atoms with E-state index in [-0.39, 0.29) is 17.7 Å². The van der Waals surface area contributed by atoms with Gasteiger partial charge < -0.3 is 25.2 Å². The molecule has 36 heavy (non-hydrogen) atoms. The minimum atomic E-state index is -0.984. The Kier molecular flexibility index (Phi) is 8.25. The van der Waals surface area contributed by atoms with Crippen molar-refractivity contribution in [3.63, 3.8) is 0 Å². The molecule has 10 heteroatoms. The van der Waals surface area contributed by atoms with E-state index in [0.717, 1.165) is 4.47 Å². The largest absolute Gasteiger partial charge is 0.453 e. The molecule has 2 aromatic carbocycles. The van der Waals surface area contributed by atoms with Gasteiger partial charge in [0.1, 0.15) is 18.1 Å². The maximum atomic E-state index is 13.6. The molecular formula is C26H29BrN4O5. The van der Waals surface area contributed by atoms with E-state index >= 15 is 0 Å². The molecule has 2 heterocycles. The van der Waals surface area contributed by atoms with E-state index in [1.807, 2.05) is 18.2 Å². The molecule has 4 amide bonds. The predicted molar refractivity (Wildman–Crippen MR) is 137 cm³/mol. The number of carbonyl (C=O) groups excluding carboxylic acids is 4. The minimum Gasteiger partial charge on any atom is -0.453 e. The molecule has 0 bridgehead atoms. The SMILES string of the molecule is COC(=O)N[C@@H](C(=O)N1CCC[C@H]1C(=O)N1CCC[C@H]1C(=O)Nc1ccc(Br)cc1)c1ccccc1. The molecule has 0 aliphatic carbocycles. The van der Waals surface area contributed by atoms with Gasteiger partial charge in [0.15, 0.2) is 0 Å². The molecule has 2 aliphatic heterocycles. The van der Waals surface area contributed by atoms with Crippen LogP contribution in [0.15, 0.2) is 59.1 Å². The van der Waals surface area contributed by atoms with Gasteiger partial charge in [-0.15, -0.1) is 0 Å². The van der Waals surface area contributed by atoms with Gasteiger partial charge in [-0.25, -0.2) is 4.79 Å². The third kappa shape index (κ3) is 5.70. The first-order valence-electron chi connectivity index (χ1n) is 12.0. The van der Waals surface area contributed by atoms with Gasteiger partial charge in [-0.05, 0) is 55.5 Å². The van der Waals surface area contributed by atoms with Crippen LogP contribution in [0.3, 0.4) is 0 Å². The Balaban J connectivity index is 1.50. The van der Waals surface area contributed by atoms with Crippen LogP contribution in [0.5, 0.6) is 0 Å². The van der Waals surface area contributed by atoms with Crippen LogP contribution in [0, 0.1) is 0 Å². The van der Waals surface area contributed by atoms with Crippen molar-refractivity contribution < 1.29 is 23.9 Å². The number of carbonyl (C=O) groups is 4. The van der Waals surface area contributed by atoms with Crippen LogP contribution < -0.4 is 10.6 Å². The summed E-state index contributed by atoms with van der Waals surface area (Å²) < 4.78 is 5.63. The summed E-state index contributed by atoms with van der Waals surface area (Å²) in [6, 6.07) is 13.8. The van der Waals surface area contributed by atoms with Crippen molar-refractivity contribution in [1.82, 2.24) is 15.1 Å². The van der Waals surface area contributed by atoms with Crippen LogP contribution in [-0.4, -0.2) is 65.9 Å². The number of methoxy groups -OCH3 is 1. The lowest BCUT2D eigenvalue weighted by atomic mass is 10.0. The quantitative estimate of drug-likeness (QED) is 0.566. The zero-order valence-corrected chi connectivity index (χ0v) is 21.6. The average molecular weight is 557 g/mol. The summed E-state index contributed by atoms with van der Waals surface area (Å²) in [7, 11) is 1.23. The monoisotopic (exact) mass is 556 g/mol. The van der Waals surface area contributed by atoms with E-state index in [2.05, 4.69) is 26.6 Å². The van der Waals surface area contributed by atoms with Crippen LogP contribution >= 0.6 is 15.9 Å². The lowest BCUT2D eigenvalue weighted by molar-refractivity contribution is -0.146. The number of amides is 4. The molecule has 2 saturated heterocycles. The Bertz CT molecular complexity index is 1110. The Morgan fingerprint density at radius 1 is 0.917 bits per heavy atom. The minimum absolute atomic E-state index is 0.237. The molecular weight excluding hydrogens is 528 g/mol.